The molecular formula is C16H24F2N2O3S. The zero-order valence-corrected chi connectivity index (χ0v) is 14.3. The molecule has 8 heteroatoms. The summed E-state index contributed by atoms with van der Waals surface area (Å²) in [6.07, 6.45) is 7.12. The second kappa shape index (κ2) is 9.29. The van der Waals surface area contributed by atoms with E-state index in [1.807, 2.05) is 0 Å². The summed E-state index contributed by atoms with van der Waals surface area (Å²) in [6.45, 7) is -2.37. The molecule has 1 saturated carbocycles. The first-order chi connectivity index (χ1) is 11.5. The molecule has 1 aromatic rings. The summed E-state index contributed by atoms with van der Waals surface area (Å²) in [4.78, 5) is -0.278. The summed E-state index contributed by atoms with van der Waals surface area (Å²) in [5, 5.41) is 3.35. The summed E-state index contributed by atoms with van der Waals surface area (Å²) in [5.74, 6) is -0.350. The fourth-order valence-corrected chi connectivity index (χ4v) is 4.05. The largest absolute Gasteiger partial charge is 0.433 e. The number of halogens is 2. The van der Waals surface area contributed by atoms with Crippen LogP contribution >= 0.6 is 0 Å². The first-order valence-corrected chi connectivity index (χ1v) is 9.74. The van der Waals surface area contributed by atoms with E-state index in [4.69, 9.17) is 0 Å². The van der Waals surface area contributed by atoms with Crippen molar-refractivity contribution in [2.24, 2.45) is 0 Å². The van der Waals surface area contributed by atoms with Gasteiger partial charge in [-0.15, -0.1) is 0 Å². The van der Waals surface area contributed by atoms with E-state index >= 15 is 0 Å². The van der Waals surface area contributed by atoms with Crippen LogP contribution in [0.2, 0.25) is 0 Å². The third-order valence-electron chi connectivity index (χ3n) is 4.06. The molecule has 0 bridgehead atoms. The maximum absolute atomic E-state index is 12.4. The van der Waals surface area contributed by atoms with Gasteiger partial charge in [0.25, 0.3) is 0 Å². The number of hydrogen-bond donors (Lipinski definition) is 2. The molecule has 5 nitrogen and oxygen atoms in total. The van der Waals surface area contributed by atoms with Gasteiger partial charge in [0.15, 0.2) is 0 Å². The van der Waals surface area contributed by atoms with Crippen molar-refractivity contribution < 1.29 is 21.9 Å². The van der Waals surface area contributed by atoms with Gasteiger partial charge in [-0.25, -0.2) is 13.1 Å². The highest BCUT2D eigenvalue weighted by molar-refractivity contribution is 7.89. The predicted octanol–water partition coefficient (Wildman–Crippen LogP) is 2.88. The third kappa shape index (κ3) is 5.99. The van der Waals surface area contributed by atoms with Gasteiger partial charge in [0.1, 0.15) is 10.6 Å². The number of rotatable bonds is 8. The Bertz CT molecular complexity index is 603. The number of benzene rings is 1. The van der Waals surface area contributed by atoms with Gasteiger partial charge in [-0.1, -0.05) is 37.8 Å². The number of sulfonamides is 1. The van der Waals surface area contributed by atoms with Crippen LogP contribution < -0.4 is 14.8 Å². The van der Waals surface area contributed by atoms with Crippen molar-refractivity contribution in [3.05, 3.63) is 24.3 Å². The number of nitrogens with one attached hydrogen (secondary N) is 2. The summed E-state index contributed by atoms with van der Waals surface area (Å²) < 4.78 is 56.0. The Kier molecular flexibility index (Phi) is 7.39. The lowest BCUT2D eigenvalue weighted by atomic mass is 10.1. The smallest absolute Gasteiger partial charge is 0.387 e. The third-order valence-corrected chi connectivity index (χ3v) is 5.56. The predicted molar refractivity (Wildman–Crippen MR) is 87.8 cm³/mol. The molecule has 0 unspecified atom stereocenters. The van der Waals surface area contributed by atoms with E-state index < -0.39 is 16.6 Å². The Morgan fingerprint density at radius 2 is 1.75 bits per heavy atom. The van der Waals surface area contributed by atoms with E-state index in [9.17, 15) is 17.2 Å². The van der Waals surface area contributed by atoms with Crippen molar-refractivity contribution in [3.63, 3.8) is 0 Å². The van der Waals surface area contributed by atoms with Gasteiger partial charge in [-0.05, 0) is 25.0 Å². The summed E-state index contributed by atoms with van der Waals surface area (Å²) in [6, 6.07) is 5.80. The van der Waals surface area contributed by atoms with Crippen molar-refractivity contribution >= 4 is 10.0 Å². The molecular weight excluding hydrogens is 338 g/mol. The van der Waals surface area contributed by atoms with Crippen LogP contribution in [-0.4, -0.2) is 34.2 Å². The van der Waals surface area contributed by atoms with Crippen LogP contribution in [0, 0.1) is 0 Å². The normalized spacial score (nSPS) is 17.0. The Morgan fingerprint density at radius 1 is 1.08 bits per heavy atom. The Labute approximate surface area is 141 Å². The minimum absolute atomic E-state index is 0.196. The minimum atomic E-state index is -3.90. The Morgan fingerprint density at radius 3 is 2.42 bits per heavy atom. The number of hydrogen-bond acceptors (Lipinski definition) is 4. The molecule has 1 aliphatic carbocycles. The Balaban J connectivity index is 1.87. The van der Waals surface area contributed by atoms with E-state index in [-0.39, 0.29) is 17.2 Å². The number of para-hydroxylation sites is 1. The molecule has 0 spiro atoms. The van der Waals surface area contributed by atoms with Crippen molar-refractivity contribution in [2.45, 2.75) is 56.1 Å². The molecule has 1 aliphatic rings. The van der Waals surface area contributed by atoms with Crippen LogP contribution in [0.3, 0.4) is 0 Å². The van der Waals surface area contributed by atoms with Crippen LogP contribution in [0.25, 0.3) is 0 Å². The van der Waals surface area contributed by atoms with E-state index in [1.54, 1.807) is 0 Å². The first-order valence-electron chi connectivity index (χ1n) is 8.26. The molecule has 0 saturated heterocycles. The first kappa shape index (κ1) is 19.1. The molecule has 136 valence electrons. The zero-order valence-electron chi connectivity index (χ0n) is 13.5. The standard InChI is InChI=1S/C16H24F2N2O3S/c17-16(18)23-14-9-5-6-10-15(14)24(21,22)20-12-11-19-13-7-3-1-2-4-8-13/h5-6,9-10,13,16,19-20H,1-4,7-8,11-12H2. The molecule has 1 aromatic carbocycles. The highest BCUT2D eigenvalue weighted by Crippen LogP contribution is 2.24. The molecule has 0 atom stereocenters. The lowest BCUT2D eigenvalue weighted by Gasteiger charge is -2.17. The second-order valence-electron chi connectivity index (χ2n) is 5.87. The highest BCUT2D eigenvalue weighted by atomic mass is 32.2. The summed E-state index contributed by atoms with van der Waals surface area (Å²) in [7, 11) is -3.90. The van der Waals surface area contributed by atoms with Crippen LogP contribution in [-0.2, 0) is 10.0 Å². The Hall–Kier alpha value is -1.25. The molecule has 0 aliphatic heterocycles. The molecule has 24 heavy (non-hydrogen) atoms. The van der Waals surface area contributed by atoms with Crippen molar-refractivity contribution in [2.75, 3.05) is 13.1 Å². The van der Waals surface area contributed by atoms with Gasteiger partial charge in [0.05, 0.1) is 0 Å². The van der Waals surface area contributed by atoms with Crippen LogP contribution in [0.1, 0.15) is 38.5 Å². The molecule has 1 fully saturated rings. The molecule has 2 rings (SSSR count). The minimum Gasteiger partial charge on any atom is -0.433 e. The highest BCUT2D eigenvalue weighted by Gasteiger charge is 2.21. The topological polar surface area (TPSA) is 67.4 Å². The molecule has 0 aromatic heterocycles. The summed E-state index contributed by atoms with van der Waals surface area (Å²) >= 11 is 0. The van der Waals surface area contributed by atoms with Gasteiger partial charge in [0.2, 0.25) is 10.0 Å². The fraction of sp³-hybridized carbons (Fsp3) is 0.625. The molecule has 2 N–H and O–H groups in total. The van der Waals surface area contributed by atoms with Crippen LogP contribution in [0.4, 0.5) is 8.78 Å². The SMILES string of the molecule is O=S(=O)(NCCNC1CCCCCC1)c1ccccc1OC(F)F. The maximum Gasteiger partial charge on any atom is 0.387 e. The quantitative estimate of drug-likeness (QED) is 0.551. The lowest BCUT2D eigenvalue weighted by molar-refractivity contribution is -0.0517. The van der Waals surface area contributed by atoms with Gasteiger partial charge in [0, 0.05) is 19.1 Å². The van der Waals surface area contributed by atoms with Crippen molar-refractivity contribution in [3.8, 4) is 5.75 Å². The second-order valence-corrected chi connectivity index (χ2v) is 7.60. The van der Waals surface area contributed by atoms with Gasteiger partial charge in [-0.3, -0.25) is 0 Å². The average molecular weight is 362 g/mol. The van der Waals surface area contributed by atoms with E-state index in [1.165, 1.54) is 49.9 Å². The number of alkyl halides is 2. The monoisotopic (exact) mass is 362 g/mol. The summed E-state index contributed by atoms with van der Waals surface area (Å²) in [5.41, 5.74) is 0. The van der Waals surface area contributed by atoms with Crippen LogP contribution in [0.5, 0.6) is 5.75 Å². The lowest BCUT2D eigenvalue weighted by Crippen LogP contribution is -2.37. The van der Waals surface area contributed by atoms with Crippen LogP contribution in [0.15, 0.2) is 29.2 Å². The fourth-order valence-electron chi connectivity index (χ4n) is 2.89. The van der Waals surface area contributed by atoms with E-state index in [0.29, 0.717) is 12.6 Å². The van der Waals surface area contributed by atoms with E-state index in [2.05, 4.69) is 14.8 Å². The van der Waals surface area contributed by atoms with E-state index in [0.717, 1.165) is 12.8 Å². The molecule has 0 radical (unpaired) electrons. The van der Waals surface area contributed by atoms with Gasteiger partial charge >= 0.3 is 6.61 Å². The number of ether oxygens (including phenoxy) is 1. The average Bonchev–Trinajstić information content (AvgIpc) is 2.80. The zero-order chi connectivity index (χ0) is 17.4. The van der Waals surface area contributed by atoms with Gasteiger partial charge < -0.3 is 10.1 Å². The molecule has 0 heterocycles. The van der Waals surface area contributed by atoms with Crippen molar-refractivity contribution in [1.29, 1.82) is 0 Å². The maximum atomic E-state index is 12.4. The molecule has 0 amide bonds. The van der Waals surface area contributed by atoms with Crippen molar-refractivity contribution in [1.82, 2.24) is 10.0 Å². The van der Waals surface area contributed by atoms with Gasteiger partial charge in [-0.2, -0.15) is 8.78 Å².